The van der Waals surface area contributed by atoms with Crippen molar-refractivity contribution < 1.29 is 13.6 Å². The van der Waals surface area contributed by atoms with Crippen molar-refractivity contribution in [1.29, 1.82) is 0 Å². The molecule has 1 aliphatic rings. The smallest absolute Gasteiger partial charge is 0.284 e. The molecule has 6 heteroatoms. The molecule has 0 heterocycles. The van der Waals surface area contributed by atoms with Gasteiger partial charge in [-0.2, -0.15) is 4.99 Å². The number of nitrogens with zero attached hydrogens (tertiary/aromatic N) is 1. The highest BCUT2D eigenvalue weighted by Gasteiger charge is 2.19. The fraction of sp³-hybridized carbons (Fsp3) is 0.286. The van der Waals surface area contributed by atoms with Crippen LogP contribution in [-0.4, -0.2) is 18.3 Å². The molecule has 1 aliphatic carbocycles. The van der Waals surface area contributed by atoms with Gasteiger partial charge in [-0.25, -0.2) is 8.78 Å². The molecular formula is C14H15F2N3O. The molecule has 0 aromatic heterocycles. The number of carbonyl (C=O) groups excluding carboxylic acids is 1. The third kappa shape index (κ3) is 3.88. The summed E-state index contributed by atoms with van der Waals surface area (Å²) in [5, 5.41) is 3.01. The Morgan fingerprint density at radius 2 is 2.05 bits per heavy atom. The number of aliphatic imine (C=N–C) groups is 1. The third-order valence-electron chi connectivity index (χ3n) is 2.88. The zero-order chi connectivity index (χ0) is 14.5. The maximum Gasteiger partial charge on any atom is 0.284 e. The maximum atomic E-state index is 13.4. The van der Waals surface area contributed by atoms with Crippen LogP contribution in [0, 0.1) is 17.6 Å². The summed E-state index contributed by atoms with van der Waals surface area (Å²) >= 11 is 0. The van der Waals surface area contributed by atoms with Gasteiger partial charge in [-0.3, -0.25) is 4.79 Å². The van der Waals surface area contributed by atoms with Gasteiger partial charge < -0.3 is 11.1 Å². The summed E-state index contributed by atoms with van der Waals surface area (Å²) in [5.41, 5.74) is 4.80. The second-order valence-corrected chi connectivity index (χ2v) is 4.62. The average molecular weight is 279 g/mol. The van der Waals surface area contributed by atoms with Crippen molar-refractivity contribution in [3.05, 3.63) is 47.7 Å². The minimum Gasteiger partial charge on any atom is -0.391 e. The molecule has 1 fully saturated rings. The minimum atomic E-state index is -1.04. The van der Waals surface area contributed by atoms with E-state index in [0.717, 1.165) is 18.7 Å². The SMILES string of the molecule is NC(/C=C\NCC1CC1)=NC(=O)c1c(F)cccc1F. The monoisotopic (exact) mass is 279 g/mol. The lowest BCUT2D eigenvalue weighted by Crippen LogP contribution is -2.15. The zero-order valence-corrected chi connectivity index (χ0v) is 10.8. The van der Waals surface area contributed by atoms with Crippen LogP contribution in [0.25, 0.3) is 0 Å². The molecule has 1 aromatic rings. The zero-order valence-electron chi connectivity index (χ0n) is 10.8. The van der Waals surface area contributed by atoms with Crippen molar-refractivity contribution in [2.75, 3.05) is 6.54 Å². The number of hydrogen-bond acceptors (Lipinski definition) is 2. The molecule has 0 unspecified atom stereocenters. The van der Waals surface area contributed by atoms with Gasteiger partial charge in [0.25, 0.3) is 5.91 Å². The van der Waals surface area contributed by atoms with E-state index in [-0.39, 0.29) is 5.84 Å². The van der Waals surface area contributed by atoms with E-state index in [9.17, 15) is 13.6 Å². The first-order chi connectivity index (χ1) is 9.58. The Morgan fingerprint density at radius 1 is 1.40 bits per heavy atom. The van der Waals surface area contributed by atoms with Crippen molar-refractivity contribution in [1.82, 2.24) is 5.32 Å². The van der Waals surface area contributed by atoms with Crippen LogP contribution >= 0.6 is 0 Å². The second kappa shape index (κ2) is 6.27. The molecule has 106 valence electrons. The molecule has 1 aromatic carbocycles. The molecule has 1 amide bonds. The van der Waals surface area contributed by atoms with Crippen molar-refractivity contribution in [2.24, 2.45) is 16.6 Å². The van der Waals surface area contributed by atoms with Crippen molar-refractivity contribution in [3.8, 4) is 0 Å². The van der Waals surface area contributed by atoms with Gasteiger partial charge in [0.1, 0.15) is 23.0 Å². The molecule has 2 rings (SSSR count). The lowest BCUT2D eigenvalue weighted by molar-refractivity contribution is 0.0995. The summed E-state index contributed by atoms with van der Waals surface area (Å²) in [6, 6.07) is 3.17. The number of benzene rings is 1. The van der Waals surface area contributed by atoms with Crippen LogP contribution < -0.4 is 11.1 Å². The average Bonchev–Trinajstić information content (AvgIpc) is 3.18. The van der Waals surface area contributed by atoms with Crippen LogP contribution in [0.3, 0.4) is 0 Å². The summed E-state index contributed by atoms with van der Waals surface area (Å²) in [4.78, 5) is 15.1. The number of nitrogens with two attached hydrogens (primary N) is 1. The van der Waals surface area contributed by atoms with E-state index < -0.39 is 23.1 Å². The molecular weight excluding hydrogens is 264 g/mol. The molecule has 20 heavy (non-hydrogen) atoms. The third-order valence-corrected chi connectivity index (χ3v) is 2.88. The van der Waals surface area contributed by atoms with Crippen LogP contribution in [0.2, 0.25) is 0 Å². The van der Waals surface area contributed by atoms with Crippen LogP contribution in [0.15, 0.2) is 35.5 Å². The predicted octanol–water partition coefficient (Wildman–Crippen LogP) is 1.98. The van der Waals surface area contributed by atoms with E-state index >= 15 is 0 Å². The van der Waals surface area contributed by atoms with Gasteiger partial charge in [-0.1, -0.05) is 6.07 Å². The summed E-state index contributed by atoms with van der Waals surface area (Å²) in [5.74, 6) is -2.36. The van der Waals surface area contributed by atoms with E-state index in [4.69, 9.17) is 5.73 Å². The molecule has 1 saturated carbocycles. The van der Waals surface area contributed by atoms with E-state index in [0.29, 0.717) is 5.92 Å². The minimum absolute atomic E-state index is 0.110. The molecule has 0 aliphatic heterocycles. The predicted molar refractivity (Wildman–Crippen MR) is 72.2 cm³/mol. The summed E-state index contributed by atoms with van der Waals surface area (Å²) in [6.45, 7) is 0.847. The quantitative estimate of drug-likeness (QED) is 0.639. The first-order valence-corrected chi connectivity index (χ1v) is 6.30. The first-order valence-electron chi connectivity index (χ1n) is 6.30. The van der Waals surface area contributed by atoms with Gasteiger partial charge in [-0.05, 0) is 37.0 Å². The fourth-order valence-electron chi connectivity index (χ4n) is 1.61. The lowest BCUT2D eigenvalue weighted by atomic mass is 10.2. The van der Waals surface area contributed by atoms with Crippen LogP contribution in [0.4, 0.5) is 8.78 Å². The standard InChI is InChI=1S/C14H15F2N3O/c15-10-2-1-3-11(16)13(10)14(20)19-12(17)6-7-18-8-9-4-5-9/h1-3,6-7,9,18H,4-5,8H2,(H2,17,19,20)/b7-6-. The number of hydrogen-bond donors (Lipinski definition) is 2. The highest BCUT2D eigenvalue weighted by molar-refractivity contribution is 6.06. The van der Waals surface area contributed by atoms with Crippen LogP contribution in [0.5, 0.6) is 0 Å². The number of amides is 1. The molecule has 0 radical (unpaired) electrons. The second-order valence-electron chi connectivity index (χ2n) is 4.62. The lowest BCUT2D eigenvalue weighted by Gasteiger charge is -2.00. The Morgan fingerprint density at radius 3 is 2.65 bits per heavy atom. The Bertz CT molecular complexity index is 545. The first kappa shape index (κ1) is 14.2. The van der Waals surface area contributed by atoms with Gasteiger partial charge in [0.2, 0.25) is 0 Å². The highest BCUT2D eigenvalue weighted by atomic mass is 19.1. The molecule has 4 nitrogen and oxygen atoms in total. The molecule has 0 saturated heterocycles. The van der Waals surface area contributed by atoms with Crippen LogP contribution in [0.1, 0.15) is 23.2 Å². The van der Waals surface area contributed by atoms with Crippen LogP contribution in [-0.2, 0) is 0 Å². The van der Waals surface area contributed by atoms with Crippen molar-refractivity contribution in [3.63, 3.8) is 0 Å². The fourth-order valence-corrected chi connectivity index (χ4v) is 1.61. The summed E-state index contributed by atoms with van der Waals surface area (Å²) in [6.07, 6.45) is 5.39. The van der Waals surface area contributed by atoms with Gasteiger partial charge in [0, 0.05) is 12.7 Å². The number of nitrogens with one attached hydrogen (secondary N) is 1. The molecule has 3 N–H and O–H groups in total. The van der Waals surface area contributed by atoms with E-state index in [2.05, 4.69) is 10.3 Å². The largest absolute Gasteiger partial charge is 0.391 e. The topological polar surface area (TPSA) is 67.5 Å². The van der Waals surface area contributed by atoms with Gasteiger partial charge in [0.15, 0.2) is 0 Å². The Labute approximate surface area is 115 Å². The molecule has 0 bridgehead atoms. The van der Waals surface area contributed by atoms with Gasteiger partial charge in [0.05, 0.1) is 0 Å². The number of halogens is 2. The summed E-state index contributed by atoms with van der Waals surface area (Å²) in [7, 11) is 0. The van der Waals surface area contributed by atoms with Crippen molar-refractivity contribution in [2.45, 2.75) is 12.8 Å². The maximum absolute atomic E-state index is 13.4. The Hall–Kier alpha value is -2.24. The van der Waals surface area contributed by atoms with Crippen molar-refractivity contribution >= 4 is 11.7 Å². The summed E-state index contributed by atoms with van der Waals surface area (Å²) < 4.78 is 26.7. The number of rotatable bonds is 5. The van der Waals surface area contributed by atoms with E-state index in [1.54, 1.807) is 6.20 Å². The number of amidine groups is 1. The van der Waals surface area contributed by atoms with Gasteiger partial charge in [-0.15, -0.1) is 0 Å². The molecule has 0 spiro atoms. The van der Waals surface area contributed by atoms with E-state index in [1.165, 1.54) is 25.0 Å². The normalized spacial score (nSPS) is 15.6. The van der Waals surface area contributed by atoms with Gasteiger partial charge >= 0.3 is 0 Å². The number of carbonyl (C=O) groups is 1. The van der Waals surface area contributed by atoms with E-state index in [1.807, 2.05) is 0 Å². The Balaban J connectivity index is 1.99. The Kier molecular flexibility index (Phi) is 4.45. The molecule has 0 atom stereocenters. The highest BCUT2D eigenvalue weighted by Crippen LogP contribution is 2.27.